The molecule has 0 bridgehead atoms. The Morgan fingerprint density at radius 3 is 1.55 bits per heavy atom. The number of nitrogens with zero attached hydrogens (tertiary/aromatic N) is 1. The lowest BCUT2D eigenvalue weighted by atomic mass is 10.2. The van der Waals surface area contributed by atoms with Gasteiger partial charge in [-0.3, -0.25) is 9.59 Å². The molecule has 164 valence electrons. The van der Waals surface area contributed by atoms with Crippen LogP contribution in [0.25, 0.3) is 31.9 Å². The molecular formula is C24H27NO2S4. The number of aromatic nitrogens is 1. The molecule has 4 rings (SSSR count). The van der Waals surface area contributed by atoms with Crippen molar-refractivity contribution in [3.63, 3.8) is 0 Å². The molecule has 0 aliphatic heterocycles. The lowest BCUT2D eigenvalue weighted by Crippen LogP contribution is -2.28. The summed E-state index contributed by atoms with van der Waals surface area (Å²) in [5, 5.41) is 1.28. The molecule has 0 aliphatic carbocycles. The van der Waals surface area contributed by atoms with E-state index in [1.165, 1.54) is 13.0 Å². The second-order valence-corrected chi connectivity index (χ2v) is 19.9. The first-order chi connectivity index (χ1) is 14.4. The maximum absolute atomic E-state index is 13.7. The van der Waals surface area contributed by atoms with Gasteiger partial charge in [0.2, 0.25) is 0 Å². The smallest absolute Gasteiger partial charge is 0.266 e. The van der Waals surface area contributed by atoms with Crippen molar-refractivity contribution in [2.75, 3.05) is 37.5 Å². The normalized spacial score (nSPS) is 13.6. The van der Waals surface area contributed by atoms with Gasteiger partial charge in [0.25, 0.3) is 11.1 Å². The van der Waals surface area contributed by atoms with Gasteiger partial charge in [-0.1, -0.05) is 24.8 Å². The van der Waals surface area contributed by atoms with Crippen molar-refractivity contribution < 1.29 is 0 Å². The fraction of sp³-hybridized carbons (Fsp3) is 0.250. The Hall–Kier alpha value is -1.80. The molecule has 0 N–H and O–H groups in total. The highest BCUT2D eigenvalue weighted by Crippen LogP contribution is 2.54. The average Bonchev–Trinajstić information content (AvgIpc) is 3.31. The number of thiophene rings is 2. The van der Waals surface area contributed by atoms with Crippen LogP contribution in [0.1, 0.15) is 5.56 Å². The summed E-state index contributed by atoms with van der Waals surface area (Å²) >= 11 is 3.35. The molecule has 3 heterocycles. The van der Waals surface area contributed by atoms with E-state index in [-0.39, 0.29) is 11.1 Å². The molecule has 0 radical (unpaired) electrons. The summed E-state index contributed by atoms with van der Waals surface area (Å²) in [6.07, 6.45) is 15.2. The van der Waals surface area contributed by atoms with E-state index in [0.717, 1.165) is 15.0 Å². The highest BCUT2D eigenvalue weighted by atomic mass is 32.3. The molecule has 0 fully saturated rings. The third-order valence-corrected chi connectivity index (χ3v) is 13.3. The highest BCUT2D eigenvalue weighted by molar-refractivity contribution is 8.33. The van der Waals surface area contributed by atoms with Crippen LogP contribution in [0.3, 0.4) is 0 Å². The fourth-order valence-electron chi connectivity index (χ4n) is 3.32. The van der Waals surface area contributed by atoms with Gasteiger partial charge in [-0.05, 0) is 67.4 Å². The van der Waals surface area contributed by atoms with Crippen molar-refractivity contribution in [1.82, 2.24) is 4.57 Å². The predicted octanol–water partition coefficient (Wildman–Crippen LogP) is 6.38. The van der Waals surface area contributed by atoms with Crippen LogP contribution in [0.5, 0.6) is 0 Å². The van der Waals surface area contributed by atoms with Gasteiger partial charge >= 0.3 is 0 Å². The van der Waals surface area contributed by atoms with Crippen LogP contribution in [0.4, 0.5) is 0 Å². The van der Waals surface area contributed by atoms with Crippen molar-refractivity contribution >= 4 is 69.0 Å². The second-order valence-electron chi connectivity index (χ2n) is 9.03. The number of rotatable bonds is 4. The standard InChI is InChI=1S/C24H27NO2S4/c1-8-15-9-11-16(12-10-15)25-23(26)17-13-19(30(2,3)4)28-21(17)22-18(24(25)27)14-20(29-22)31(5,6)7/h8-14H,1H2,2-7H3. The molecule has 4 aromatic rings. The maximum atomic E-state index is 13.7. The molecule has 0 atom stereocenters. The van der Waals surface area contributed by atoms with Crippen LogP contribution in [-0.4, -0.2) is 42.1 Å². The van der Waals surface area contributed by atoms with E-state index in [1.54, 1.807) is 28.7 Å². The Bertz CT molecular complexity index is 1360. The first-order valence-electron chi connectivity index (χ1n) is 9.68. The summed E-state index contributed by atoms with van der Waals surface area (Å²) in [6.45, 7) is 3.79. The van der Waals surface area contributed by atoms with E-state index in [9.17, 15) is 9.59 Å². The molecule has 3 nitrogen and oxygen atoms in total. The summed E-state index contributed by atoms with van der Waals surface area (Å²) in [5.74, 6) is 0. The van der Waals surface area contributed by atoms with Gasteiger partial charge in [0, 0.05) is 8.42 Å². The third kappa shape index (κ3) is 3.93. The SMILES string of the molecule is C=Cc1ccc(-n2c(=O)c3cc(S(C)(C)C)sc3c3sc(S(C)(C)C)cc3c2=O)cc1. The summed E-state index contributed by atoms with van der Waals surface area (Å²) in [4.78, 5) is 27.4. The fourth-order valence-corrected chi connectivity index (χ4v) is 8.69. The first kappa shape index (κ1) is 22.4. The van der Waals surface area contributed by atoms with Crippen molar-refractivity contribution in [1.29, 1.82) is 0 Å². The number of benzene rings is 1. The van der Waals surface area contributed by atoms with Crippen molar-refractivity contribution in [2.45, 2.75) is 8.42 Å². The molecule has 31 heavy (non-hydrogen) atoms. The molecule has 0 amide bonds. The third-order valence-electron chi connectivity index (χ3n) is 5.09. The molecule has 3 aromatic heterocycles. The lowest BCUT2D eigenvalue weighted by molar-refractivity contribution is 0.975. The predicted molar refractivity (Wildman–Crippen MR) is 146 cm³/mol. The van der Waals surface area contributed by atoms with Gasteiger partial charge in [0.1, 0.15) is 0 Å². The van der Waals surface area contributed by atoms with E-state index in [0.29, 0.717) is 16.5 Å². The summed E-state index contributed by atoms with van der Waals surface area (Å²) in [5.41, 5.74) is 1.05. The van der Waals surface area contributed by atoms with E-state index in [4.69, 9.17) is 0 Å². The number of hydrogen-bond acceptors (Lipinski definition) is 4. The zero-order chi connectivity index (χ0) is 22.7. The summed E-state index contributed by atoms with van der Waals surface area (Å²) in [6, 6.07) is 11.5. The quantitative estimate of drug-likeness (QED) is 0.334. The number of fused-ring (bicyclic) bond motifs is 3. The minimum Gasteiger partial charge on any atom is -0.268 e. The van der Waals surface area contributed by atoms with Crippen LogP contribution < -0.4 is 11.1 Å². The summed E-state index contributed by atoms with van der Waals surface area (Å²) in [7, 11) is -2.00. The topological polar surface area (TPSA) is 39.1 Å². The first-order valence-corrected chi connectivity index (χ1v) is 17.0. The van der Waals surface area contributed by atoms with Crippen LogP contribution >= 0.6 is 42.7 Å². The van der Waals surface area contributed by atoms with Gasteiger partial charge in [0.15, 0.2) is 0 Å². The molecule has 1 aromatic carbocycles. The van der Waals surface area contributed by atoms with E-state index in [1.807, 2.05) is 36.4 Å². The average molecular weight is 490 g/mol. The van der Waals surface area contributed by atoms with E-state index in [2.05, 4.69) is 44.1 Å². The van der Waals surface area contributed by atoms with Gasteiger partial charge < -0.3 is 0 Å². The van der Waals surface area contributed by atoms with E-state index < -0.39 is 20.1 Å². The molecule has 0 unspecified atom stereocenters. The monoisotopic (exact) mass is 489 g/mol. The largest absolute Gasteiger partial charge is 0.268 e. The zero-order valence-corrected chi connectivity index (χ0v) is 21.9. The van der Waals surface area contributed by atoms with Crippen molar-refractivity contribution in [3.8, 4) is 5.69 Å². The molecule has 7 heteroatoms. The minimum atomic E-state index is -0.999. The van der Waals surface area contributed by atoms with Gasteiger partial charge in [-0.15, -0.1) is 22.7 Å². The maximum Gasteiger partial charge on any atom is 0.266 e. The molecule has 0 saturated heterocycles. The molecular weight excluding hydrogens is 463 g/mol. The Balaban J connectivity index is 2.22. The Morgan fingerprint density at radius 1 is 0.774 bits per heavy atom. The summed E-state index contributed by atoms with van der Waals surface area (Å²) < 4.78 is 5.68. The molecule has 0 aliphatic rings. The second kappa shape index (κ2) is 7.66. The Labute approximate surface area is 193 Å². The van der Waals surface area contributed by atoms with Gasteiger partial charge in [0.05, 0.1) is 25.9 Å². The lowest BCUT2D eigenvalue weighted by Gasteiger charge is -2.22. The highest BCUT2D eigenvalue weighted by Gasteiger charge is 2.22. The van der Waals surface area contributed by atoms with Crippen LogP contribution in [0.15, 0.2) is 61.0 Å². The van der Waals surface area contributed by atoms with Gasteiger partial charge in [-0.25, -0.2) is 24.6 Å². The van der Waals surface area contributed by atoms with Gasteiger partial charge in [-0.2, -0.15) is 0 Å². The van der Waals surface area contributed by atoms with Crippen molar-refractivity contribution in [2.24, 2.45) is 0 Å². The zero-order valence-electron chi connectivity index (χ0n) is 18.6. The van der Waals surface area contributed by atoms with Crippen LogP contribution in [0.2, 0.25) is 0 Å². The number of hydrogen-bond donors (Lipinski definition) is 0. The van der Waals surface area contributed by atoms with Crippen molar-refractivity contribution in [3.05, 3.63) is 69.2 Å². The minimum absolute atomic E-state index is 0.245. The van der Waals surface area contributed by atoms with E-state index >= 15 is 0 Å². The Kier molecular flexibility index (Phi) is 5.53. The van der Waals surface area contributed by atoms with Crippen LogP contribution in [-0.2, 0) is 0 Å². The Morgan fingerprint density at radius 2 is 1.19 bits per heavy atom. The molecule has 0 spiro atoms. The molecule has 0 saturated carbocycles. The van der Waals surface area contributed by atoms with Crippen LogP contribution in [0, 0.1) is 0 Å².